The van der Waals surface area contributed by atoms with E-state index in [0.29, 0.717) is 23.4 Å². The van der Waals surface area contributed by atoms with Crippen molar-refractivity contribution in [1.82, 2.24) is 0 Å². The molecule has 0 saturated carbocycles. The Hall–Kier alpha value is -2.56. The number of benzene rings is 2. The molecule has 2 rings (SSSR count). The van der Waals surface area contributed by atoms with Gasteiger partial charge >= 0.3 is 0 Å². The van der Waals surface area contributed by atoms with E-state index in [4.69, 9.17) is 11.5 Å². The summed E-state index contributed by atoms with van der Waals surface area (Å²) in [5.41, 5.74) is 13.8. The summed E-state index contributed by atoms with van der Waals surface area (Å²) in [6, 6.07) is 11.3. The summed E-state index contributed by atoms with van der Waals surface area (Å²) in [5, 5.41) is 3.24. The minimum absolute atomic E-state index is 0.0703. The second-order valence-corrected chi connectivity index (χ2v) is 5.04. The number of anilines is 2. The van der Waals surface area contributed by atoms with E-state index in [0.717, 1.165) is 5.56 Å². The molecule has 110 valence electrons. The summed E-state index contributed by atoms with van der Waals surface area (Å²) in [5.74, 6) is -0.748. The minimum atomic E-state index is -0.496. The van der Waals surface area contributed by atoms with Gasteiger partial charge in [0.05, 0.1) is 11.4 Å². The molecule has 1 amide bonds. The molecule has 0 aliphatic heterocycles. The van der Waals surface area contributed by atoms with Crippen LogP contribution in [-0.2, 0) is 6.42 Å². The number of nitrogens with one attached hydrogen (secondary N) is 1. The SMILES string of the molecule is CC(Cc1ccc(F)cc1)Nc1cc(C(N)=O)ccc1N. The van der Waals surface area contributed by atoms with Crippen molar-refractivity contribution in [2.24, 2.45) is 5.73 Å². The van der Waals surface area contributed by atoms with Crippen molar-refractivity contribution in [1.29, 1.82) is 0 Å². The van der Waals surface area contributed by atoms with Gasteiger partial charge in [0, 0.05) is 11.6 Å². The van der Waals surface area contributed by atoms with Crippen LogP contribution in [0.4, 0.5) is 15.8 Å². The van der Waals surface area contributed by atoms with Crippen LogP contribution in [0.25, 0.3) is 0 Å². The Labute approximate surface area is 123 Å². The summed E-state index contributed by atoms with van der Waals surface area (Å²) in [6.07, 6.45) is 0.709. The molecule has 1 atom stereocenters. The Morgan fingerprint density at radius 3 is 2.52 bits per heavy atom. The topological polar surface area (TPSA) is 81.1 Å². The van der Waals surface area contributed by atoms with Crippen molar-refractivity contribution in [3.8, 4) is 0 Å². The molecule has 5 N–H and O–H groups in total. The lowest BCUT2D eigenvalue weighted by atomic mass is 10.1. The summed E-state index contributed by atoms with van der Waals surface area (Å²) in [6.45, 7) is 1.99. The second kappa shape index (κ2) is 6.26. The fourth-order valence-corrected chi connectivity index (χ4v) is 2.13. The van der Waals surface area contributed by atoms with Crippen LogP contribution in [0.15, 0.2) is 42.5 Å². The molecule has 4 nitrogen and oxygen atoms in total. The Kier molecular flexibility index (Phi) is 4.42. The van der Waals surface area contributed by atoms with E-state index >= 15 is 0 Å². The van der Waals surface area contributed by atoms with Gasteiger partial charge in [0.1, 0.15) is 5.82 Å². The van der Waals surface area contributed by atoms with Gasteiger partial charge in [0.2, 0.25) is 5.91 Å². The molecule has 0 bridgehead atoms. The zero-order chi connectivity index (χ0) is 15.4. The number of nitrogens with two attached hydrogens (primary N) is 2. The van der Waals surface area contributed by atoms with Crippen molar-refractivity contribution in [3.05, 3.63) is 59.4 Å². The molecule has 0 spiro atoms. The third-order valence-electron chi connectivity index (χ3n) is 3.19. The number of amides is 1. The van der Waals surface area contributed by atoms with E-state index in [-0.39, 0.29) is 11.9 Å². The van der Waals surface area contributed by atoms with Crippen LogP contribution in [0, 0.1) is 5.82 Å². The van der Waals surface area contributed by atoms with Gasteiger partial charge < -0.3 is 16.8 Å². The predicted octanol–water partition coefficient (Wildman–Crippen LogP) is 2.55. The molecule has 2 aromatic carbocycles. The number of primary amides is 1. The Bertz CT molecular complexity index is 640. The van der Waals surface area contributed by atoms with Gasteiger partial charge in [-0.1, -0.05) is 12.1 Å². The van der Waals surface area contributed by atoms with Gasteiger partial charge in [-0.15, -0.1) is 0 Å². The number of nitrogen functional groups attached to an aromatic ring is 1. The second-order valence-electron chi connectivity index (χ2n) is 5.04. The van der Waals surface area contributed by atoms with E-state index in [1.807, 2.05) is 6.92 Å². The third-order valence-corrected chi connectivity index (χ3v) is 3.19. The van der Waals surface area contributed by atoms with E-state index in [1.165, 1.54) is 12.1 Å². The maximum atomic E-state index is 12.9. The smallest absolute Gasteiger partial charge is 0.248 e. The first-order chi connectivity index (χ1) is 9.95. The first-order valence-corrected chi connectivity index (χ1v) is 6.66. The highest BCUT2D eigenvalue weighted by Crippen LogP contribution is 2.21. The largest absolute Gasteiger partial charge is 0.397 e. The van der Waals surface area contributed by atoms with E-state index in [9.17, 15) is 9.18 Å². The molecule has 0 heterocycles. The summed E-state index contributed by atoms with van der Waals surface area (Å²) in [4.78, 5) is 11.2. The van der Waals surface area contributed by atoms with Crippen molar-refractivity contribution < 1.29 is 9.18 Å². The molecule has 0 fully saturated rings. The quantitative estimate of drug-likeness (QED) is 0.739. The molecular formula is C16H18FN3O. The van der Waals surface area contributed by atoms with Crippen LogP contribution in [0.3, 0.4) is 0 Å². The monoisotopic (exact) mass is 287 g/mol. The van der Waals surface area contributed by atoms with Crippen LogP contribution >= 0.6 is 0 Å². The van der Waals surface area contributed by atoms with Gasteiger partial charge in [-0.2, -0.15) is 0 Å². The van der Waals surface area contributed by atoms with Crippen LogP contribution in [0.5, 0.6) is 0 Å². The Morgan fingerprint density at radius 2 is 1.90 bits per heavy atom. The fraction of sp³-hybridized carbons (Fsp3) is 0.188. The molecule has 0 saturated heterocycles. The van der Waals surface area contributed by atoms with Gasteiger partial charge in [0.15, 0.2) is 0 Å². The molecule has 0 aliphatic rings. The van der Waals surface area contributed by atoms with Gasteiger partial charge in [-0.05, 0) is 49.2 Å². The van der Waals surface area contributed by atoms with E-state index < -0.39 is 5.91 Å². The van der Waals surface area contributed by atoms with Crippen LogP contribution in [0.1, 0.15) is 22.8 Å². The predicted molar refractivity (Wildman–Crippen MR) is 82.6 cm³/mol. The molecule has 0 aromatic heterocycles. The lowest BCUT2D eigenvalue weighted by Gasteiger charge is -2.17. The van der Waals surface area contributed by atoms with Gasteiger partial charge in [-0.3, -0.25) is 4.79 Å². The fourth-order valence-electron chi connectivity index (χ4n) is 2.13. The normalized spacial score (nSPS) is 11.9. The molecule has 2 aromatic rings. The molecule has 0 aliphatic carbocycles. The van der Waals surface area contributed by atoms with Gasteiger partial charge in [0.25, 0.3) is 0 Å². The number of rotatable bonds is 5. The number of hydrogen-bond donors (Lipinski definition) is 3. The van der Waals surface area contributed by atoms with Crippen molar-refractivity contribution in [2.75, 3.05) is 11.1 Å². The summed E-state index contributed by atoms with van der Waals surface area (Å²) >= 11 is 0. The number of halogens is 1. The maximum absolute atomic E-state index is 12.9. The Balaban J connectivity index is 2.08. The van der Waals surface area contributed by atoms with Crippen LogP contribution in [-0.4, -0.2) is 11.9 Å². The average Bonchev–Trinajstić information content (AvgIpc) is 2.43. The van der Waals surface area contributed by atoms with Crippen molar-refractivity contribution >= 4 is 17.3 Å². The standard InChI is InChI=1S/C16H18FN3O/c1-10(8-11-2-5-13(17)6-3-11)20-15-9-12(16(19)21)4-7-14(15)18/h2-7,9-10,20H,8,18H2,1H3,(H2,19,21). The summed E-state index contributed by atoms with van der Waals surface area (Å²) in [7, 11) is 0. The molecule has 21 heavy (non-hydrogen) atoms. The summed E-state index contributed by atoms with van der Waals surface area (Å²) < 4.78 is 12.9. The highest BCUT2D eigenvalue weighted by atomic mass is 19.1. The van der Waals surface area contributed by atoms with E-state index in [1.54, 1.807) is 30.3 Å². The highest BCUT2D eigenvalue weighted by molar-refractivity contribution is 5.94. The average molecular weight is 287 g/mol. The van der Waals surface area contributed by atoms with E-state index in [2.05, 4.69) is 5.32 Å². The van der Waals surface area contributed by atoms with Crippen LogP contribution < -0.4 is 16.8 Å². The number of hydrogen-bond acceptors (Lipinski definition) is 3. The van der Waals surface area contributed by atoms with Crippen LogP contribution in [0.2, 0.25) is 0 Å². The van der Waals surface area contributed by atoms with Gasteiger partial charge in [-0.25, -0.2) is 4.39 Å². The number of carbonyl (C=O) groups is 1. The molecule has 0 radical (unpaired) electrons. The lowest BCUT2D eigenvalue weighted by molar-refractivity contribution is 0.100. The minimum Gasteiger partial charge on any atom is -0.397 e. The lowest BCUT2D eigenvalue weighted by Crippen LogP contribution is -2.20. The number of carbonyl (C=O) groups excluding carboxylic acids is 1. The Morgan fingerprint density at radius 1 is 1.24 bits per heavy atom. The maximum Gasteiger partial charge on any atom is 0.248 e. The highest BCUT2D eigenvalue weighted by Gasteiger charge is 2.09. The molecule has 1 unspecified atom stereocenters. The zero-order valence-corrected chi connectivity index (χ0v) is 11.8. The van der Waals surface area contributed by atoms with Crippen molar-refractivity contribution in [3.63, 3.8) is 0 Å². The molecule has 5 heteroatoms. The van der Waals surface area contributed by atoms with Crippen molar-refractivity contribution in [2.45, 2.75) is 19.4 Å². The first-order valence-electron chi connectivity index (χ1n) is 6.66. The first kappa shape index (κ1) is 14.8. The molecular weight excluding hydrogens is 269 g/mol. The zero-order valence-electron chi connectivity index (χ0n) is 11.8. The third kappa shape index (κ3) is 3.95.